The van der Waals surface area contributed by atoms with Crippen molar-refractivity contribution in [2.75, 3.05) is 6.54 Å². The van der Waals surface area contributed by atoms with E-state index in [4.69, 9.17) is 11.6 Å². The molecule has 0 fully saturated rings. The first-order valence-corrected chi connectivity index (χ1v) is 9.67. The highest BCUT2D eigenvalue weighted by Gasteiger charge is 2.35. The van der Waals surface area contributed by atoms with Gasteiger partial charge in [-0.2, -0.15) is 18.3 Å². The maximum Gasteiger partial charge on any atom is 0.433 e. The zero-order valence-electron chi connectivity index (χ0n) is 16.0. The predicted molar refractivity (Wildman–Crippen MR) is 108 cm³/mol. The Kier molecular flexibility index (Phi) is 5.64. The number of imidazole rings is 1. The van der Waals surface area contributed by atoms with Crippen molar-refractivity contribution in [3.8, 4) is 11.3 Å². The van der Waals surface area contributed by atoms with Gasteiger partial charge in [0.15, 0.2) is 17.0 Å². The Hall–Kier alpha value is -3.40. The molecule has 0 saturated heterocycles. The minimum absolute atomic E-state index is 0.0802. The van der Waals surface area contributed by atoms with Gasteiger partial charge in [-0.25, -0.2) is 14.5 Å². The van der Waals surface area contributed by atoms with E-state index in [2.05, 4.69) is 20.4 Å². The molecule has 7 nitrogen and oxygen atoms in total. The number of rotatable bonds is 6. The van der Waals surface area contributed by atoms with Crippen molar-refractivity contribution in [3.63, 3.8) is 0 Å². The maximum absolute atomic E-state index is 13.7. The van der Waals surface area contributed by atoms with Crippen LogP contribution in [0.3, 0.4) is 0 Å². The summed E-state index contributed by atoms with van der Waals surface area (Å²) in [5, 5.41) is 6.96. The third-order valence-corrected chi connectivity index (χ3v) is 4.78. The molecule has 0 aliphatic heterocycles. The van der Waals surface area contributed by atoms with Crippen LogP contribution in [0.15, 0.2) is 55.1 Å². The number of halogens is 4. The lowest BCUT2D eigenvalue weighted by Crippen LogP contribution is -2.25. The van der Waals surface area contributed by atoms with Gasteiger partial charge in [-0.1, -0.05) is 23.7 Å². The number of amides is 1. The molecule has 0 saturated carbocycles. The molecule has 0 spiro atoms. The topological polar surface area (TPSA) is 77.1 Å². The number of carbonyl (C=O) groups is 1. The minimum Gasteiger partial charge on any atom is -0.351 e. The third kappa shape index (κ3) is 4.69. The van der Waals surface area contributed by atoms with E-state index < -0.39 is 17.8 Å². The Bertz CT molecular complexity index is 1200. The lowest BCUT2D eigenvalue weighted by atomic mass is 10.1. The van der Waals surface area contributed by atoms with E-state index in [0.29, 0.717) is 34.6 Å². The number of hydrogen-bond acceptors (Lipinski definition) is 4. The van der Waals surface area contributed by atoms with Crippen LogP contribution in [0.5, 0.6) is 0 Å². The molecule has 1 N–H and O–H groups in total. The normalized spacial score (nSPS) is 11.7. The first kappa shape index (κ1) is 20.9. The van der Waals surface area contributed by atoms with Crippen molar-refractivity contribution < 1.29 is 18.0 Å². The molecular weight excluding hydrogens is 433 g/mol. The number of nitrogens with one attached hydrogen (secondary N) is 1. The Balaban J connectivity index is 1.59. The summed E-state index contributed by atoms with van der Waals surface area (Å²) in [6, 6.07) is 8.41. The number of carbonyl (C=O) groups excluding carboxylic acids is 1. The van der Waals surface area contributed by atoms with E-state index in [1.807, 2.05) is 4.57 Å². The molecule has 31 heavy (non-hydrogen) atoms. The van der Waals surface area contributed by atoms with E-state index >= 15 is 0 Å². The van der Waals surface area contributed by atoms with Gasteiger partial charge >= 0.3 is 6.18 Å². The largest absolute Gasteiger partial charge is 0.433 e. The molecule has 160 valence electrons. The van der Waals surface area contributed by atoms with Crippen LogP contribution in [0.1, 0.15) is 22.6 Å². The molecule has 0 unspecified atom stereocenters. The van der Waals surface area contributed by atoms with Crippen molar-refractivity contribution in [3.05, 3.63) is 71.5 Å². The van der Waals surface area contributed by atoms with Crippen LogP contribution in [0.2, 0.25) is 5.02 Å². The zero-order valence-corrected chi connectivity index (χ0v) is 16.7. The average molecular weight is 449 g/mol. The Labute approximate surface area is 179 Å². The van der Waals surface area contributed by atoms with Gasteiger partial charge in [0.05, 0.1) is 12.0 Å². The molecule has 1 aromatic carbocycles. The Morgan fingerprint density at radius 3 is 2.61 bits per heavy atom. The highest BCUT2D eigenvalue weighted by Crippen LogP contribution is 2.32. The summed E-state index contributed by atoms with van der Waals surface area (Å²) in [4.78, 5) is 20.6. The van der Waals surface area contributed by atoms with Crippen molar-refractivity contribution in [2.24, 2.45) is 0 Å². The quantitative estimate of drug-likeness (QED) is 0.451. The van der Waals surface area contributed by atoms with Gasteiger partial charge < -0.3 is 9.88 Å². The number of aryl methyl sites for hydroxylation is 1. The lowest BCUT2D eigenvalue weighted by Gasteiger charge is -2.11. The predicted octanol–water partition coefficient (Wildman–Crippen LogP) is 4.09. The second kappa shape index (κ2) is 8.38. The number of benzene rings is 1. The average Bonchev–Trinajstić information content (AvgIpc) is 3.39. The van der Waals surface area contributed by atoms with Crippen molar-refractivity contribution >= 4 is 23.2 Å². The smallest absolute Gasteiger partial charge is 0.351 e. The number of fused-ring (bicyclic) bond motifs is 1. The molecule has 0 aliphatic carbocycles. The van der Waals surface area contributed by atoms with Gasteiger partial charge in [-0.05, 0) is 24.6 Å². The highest BCUT2D eigenvalue weighted by molar-refractivity contribution is 6.30. The van der Waals surface area contributed by atoms with Gasteiger partial charge in [-0.15, -0.1) is 0 Å². The van der Waals surface area contributed by atoms with Crippen LogP contribution in [0.25, 0.3) is 16.9 Å². The summed E-state index contributed by atoms with van der Waals surface area (Å²) in [7, 11) is 0. The number of alkyl halides is 3. The van der Waals surface area contributed by atoms with E-state index in [1.165, 1.54) is 6.07 Å². The SMILES string of the molecule is O=C(NCCCn1ccnc1)c1cc2nc(-c3ccc(Cl)cc3)cc(C(F)(F)F)n2n1. The van der Waals surface area contributed by atoms with Gasteiger partial charge in [0.2, 0.25) is 0 Å². The third-order valence-electron chi connectivity index (χ3n) is 4.53. The highest BCUT2D eigenvalue weighted by atomic mass is 35.5. The molecule has 4 rings (SSSR count). The fraction of sp³-hybridized carbons (Fsp3) is 0.200. The van der Waals surface area contributed by atoms with E-state index in [1.54, 1.807) is 43.0 Å². The first-order valence-electron chi connectivity index (χ1n) is 9.29. The van der Waals surface area contributed by atoms with E-state index in [9.17, 15) is 18.0 Å². The molecule has 3 aromatic heterocycles. The summed E-state index contributed by atoms with van der Waals surface area (Å²) < 4.78 is 43.5. The molecule has 0 bridgehead atoms. The lowest BCUT2D eigenvalue weighted by molar-refractivity contribution is -0.142. The molecule has 0 radical (unpaired) electrons. The van der Waals surface area contributed by atoms with Crippen LogP contribution < -0.4 is 5.32 Å². The van der Waals surface area contributed by atoms with Crippen LogP contribution in [-0.4, -0.2) is 36.6 Å². The van der Waals surface area contributed by atoms with E-state index in [0.717, 1.165) is 6.07 Å². The number of aromatic nitrogens is 5. The Morgan fingerprint density at radius 2 is 1.94 bits per heavy atom. The fourth-order valence-electron chi connectivity index (χ4n) is 3.03. The monoisotopic (exact) mass is 448 g/mol. The van der Waals surface area contributed by atoms with Gasteiger partial charge in [0.1, 0.15) is 0 Å². The van der Waals surface area contributed by atoms with Crippen molar-refractivity contribution in [1.82, 2.24) is 29.5 Å². The summed E-state index contributed by atoms with van der Waals surface area (Å²) in [6.07, 6.45) is 1.05. The van der Waals surface area contributed by atoms with Crippen LogP contribution in [0, 0.1) is 0 Å². The Morgan fingerprint density at radius 1 is 1.16 bits per heavy atom. The molecule has 1 amide bonds. The molecule has 0 aliphatic rings. The molecule has 4 aromatic rings. The van der Waals surface area contributed by atoms with Crippen molar-refractivity contribution in [1.29, 1.82) is 0 Å². The second-order valence-corrected chi connectivity index (χ2v) is 7.18. The first-order chi connectivity index (χ1) is 14.8. The zero-order chi connectivity index (χ0) is 22.0. The number of hydrogen-bond donors (Lipinski definition) is 1. The van der Waals surface area contributed by atoms with Crippen LogP contribution in [-0.2, 0) is 12.7 Å². The number of nitrogens with zero attached hydrogens (tertiary/aromatic N) is 5. The van der Waals surface area contributed by atoms with Crippen molar-refractivity contribution in [2.45, 2.75) is 19.1 Å². The maximum atomic E-state index is 13.7. The summed E-state index contributed by atoms with van der Waals surface area (Å²) >= 11 is 5.85. The second-order valence-electron chi connectivity index (χ2n) is 6.74. The van der Waals surface area contributed by atoms with Crippen LogP contribution in [0.4, 0.5) is 13.2 Å². The van der Waals surface area contributed by atoms with Crippen LogP contribution >= 0.6 is 11.6 Å². The standard InChI is InChI=1S/C20H16ClF3N6O/c21-14-4-2-13(3-5-14)15-10-17(20(22,23)24)30-18(27-15)11-16(28-30)19(31)26-6-1-8-29-9-7-25-12-29/h2-5,7,9-12H,1,6,8H2,(H,26,31). The fourth-order valence-corrected chi connectivity index (χ4v) is 3.16. The summed E-state index contributed by atoms with van der Waals surface area (Å²) in [5.41, 5.74) is -0.688. The molecule has 3 heterocycles. The van der Waals surface area contributed by atoms with Gasteiger partial charge in [0.25, 0.3) is 5.91 Å². The summed E-state index contributed by atoms with van der Waals surface area (Å²) in [5.74, 6) is -0.572. The molecule has 11 heteroatoms. The van der Waals surface area contributed by atoms with E-state index in [-0.39, 0.29) is 17.0 Å². The van der Waals surface area contributed by atoms with Gasteiger partial charge in [0, 0.05) is 42.1 Å². The molecule has 0 atom stereocenters. The summed E-state index contributed by atoms with van der Waals surface area (Å²) in [6.45, 7) is 0.982. The molecular formula is C20H16ClF3N6O. The minimum atomic E-state index is -4.69. The van der Waals surface area contributed by atoms with Gasteiger partial charge in [-0.3, -0.25) is 4.79 Å².